The predicted octanol–water partition coefficient (Wildman–Crippen LogP) is 0.0205. The van der Waals surface area contributed by atoms with Crippen LogP contribution in [0.3, 0.4) is 0 Å². The zero-order chi connectivity index (χ0) is 34.6. The predicted molar refractivity (Wildman–Crippen MR) is 169 cm³/mol. The molecule has 0 saturated carbocycles. The quantitative estimate of drug-likeness (QED) is 0.181. The summed E-state index contributed by atoms with van der Waals surface area (Å²) < 4.78 is 5.84. The van der Waals surface area contributed by atoms with Gasteiger partial charge in [0.25, 0.3) is 11.8 Å². The van der Waals surface area contributed by atoms with Crippen LogP contribution in [-0.2, 0) is 33.5 Å². The van der Waals surface area contributed by atoms with Gasteiger partial charge in [0.2, 0.25) is 23.6 Å². The first kappa shape index (κ1) is 39.8. The molecule has 1 aliphatic heterocycles. The summed E-state index contributed by atoms with van der Waals surface area (Å²) in [6.45, 7) is 12.8. The molecule has 14 heteroatoms. The third kappa shape index (κ3) is 12.9. The minimum Gasteiger partial charge on any atom is -0.393 e. The van der Waals surface area contributed by atoms with Gasteiger partial charge in [-0.1, -0.05) is 13.8 Å². The fourth-order valence-electron chi connectivity index (χ4n) is 4.82. The van der Waals surface area contributed by atoms with E-state index in [1.165, 1.54) is 44.8 Å². The molecule has 14 nitrogen and oxygen atoms in total. The summed E-state index contributed by atoms with van der Waals surface area (Å²) in [5.41, 5.74) is -0.685. The van der Waals surface area contributed by atoms with E-state index in [0.29, 0.717) is 13.1 Å². The summed E-state index contributed by atoms with van der Waals surface area (Å²) in [6.07, 6.45) is 1.78. The van der Waals surface area contributed by atoms with Crippen molar-refractivity contribution in [1.29, 1.82) is 0 Å². The number of nitrogens with zero attached hydrogens (tertiary/aromatic N) is 3. The summed E-state index contributed by atoms with van der Waals surface area (Å²) in [5, 5.41) is 17.2. The monoisotopic (exact) mass is 640 g/mol. The van der Waals surface area contributed by atoms with Crippen LogP contribution < -0.4 is 16.0 Å². The Morgan fingerprint density at radius 1 is 0.867 bits per heavy atom. The molecule has 1 saturated heterocycles. The molecule has 0 aromatic carbocycles. The van der Waals surface area contributed by atoms with Gasteiger partial charge in [-0.25, -0.2) is 0 Å². The number of ether oxygens (including phenoxy) is 1. The van der Waals surface area contributed by atoms with Crippen LogP contribution in [0.15, 0.2) is 0 Å². The van der Waals surface area contributed by atoms with Crippen molar-refractivity contribution in [3.8, 4) is 0 Å². The zero-order valence-corrected chi connectivity index (χ0v) is 28.8. The summed E-state index contributed by atoms with van der Waals surface area (Å²) in [5.74, 6) is -3.61. The second kappa shape index (κ2) is 18.0. The molecule has 1 aliphatic rings. The Morgan fingerprint density at radius 3 is 1.93 bits per heavy atom. The lowest BCUT2D eigenvalue weighted by Crippen LogP contribution is -2.62. The first-order valence-electron chi connectivity index (χ1n) is 15.8. The molecule has 0 spiro atoms. The highest BCUT2D eigenvalue weighted by molar-refractivity contribution is 6.07. The number of aliphatic hydroxyl groups is 1. The van der Waals surface area contributed by atoms with Crippen LogP contribution in [0.25, 0.3) is 0 Å². The molecule has 1 unspecified atom stereocenters. The standard InChI is InChI=1S/C31H56N6O8/c1-19(2)16-23(36(10)29(43)21(4)35(9)24(39)17-20(3)38)27(41)33-22(18-45-31(5,6)7)26(40)34-25(28(42)32-8)30(44)37-14-12-11-13-15-37/h19-23,25,38H,11-18H2,1-10H3,(H,32,42)(H,33,41)(H,34,40)/t20-,21+,22+,23+,25?/m1/s1. The largest absolute Gasteiger partial charge is 0.393 e. The minimum absolute atomic E-state index is 0.0289. The summed E-state index contributed by atoms with van der Waals surface area (Å²) >= 11 is 0. The fraction of sp³-hybridized carbons (Fsp3) is 0.806. The number of amides is 6. The van der Waals surface area contributed by atoms with Crippen molar-refractivity contribution in [2.45, 2.75) is 116 Å². The minimum atomic E-state index is -1.50. The molecule has 1 heterocycles. The van der Waals surface area contributed by atoms with Crippen LogP contribution >= 0.6 is 0 Å². The fourth-order valence-corrected chi connectivity index (χ4v) is 4.82. The van der Waals surface area contributed by atoms with Gasteiger partial charge in [-0.05, 0) is 66.2 Å². The number of rotatable bonds is 15. The van der Waals surface area contributed by atoms with Gasteiger partial charge in [0.1, 0.15) is 18.1 Å². The summed E-state index contributed by atoms with van der Waals surface area (Å²) in [4.78, 5) is 83.4. The van der Waals surface area contributed by atoms with E-state index >= 15 is 0 Å². The number of likely N-dealkylation sites (tertiary alicyclic amines) is 1. The highest BCUT2D eigenvalue weighted by Gasteiger charge is 2.38. The maximum Gasteiger partial charge on any atom is 0.254 e. The van der Waals surface area contributed by atoms with Crippen LogP contribution in [0.5, 0.6) is 0 Å². The second-order valence-electron chi connectivity index (χ2n) is 13.3. The van der Waals surface area contributed by atoms with Crippen molar-refractivity contribution in [1.82, 2.24) is 30.7 Å². The number of carbonyl (C=O) groups excluding carboxylic acids is 6. The van der Waals surface area contributed by atoms with Crippen LogP contribution in [0.1, 0.15) is 80.6 Å². The first-order valence-corrected chi connectivity index (χ1v) is 15.8. The smallest absolute Gasteiger partial charge is 0.254 e. The van der Waals surface area contributed by atoms with Gasteiger partial charge in [-0.15, -0.1) is 0 Å². The SMILES string of the molecule is CNC(=O)C(NC(=O)[C@H](COC(C)(C)C)NC(=O)[C@H](CC(C)C)N(C)C(=O)[C@H](C)N(C)C(=O)C[C@@H](C)O)C(=O)N1CCCCC1. The van der Waals surface area contributed by atoms with Crippen LogP contribution in [0, 0.1) is 5.92 Å². The third-order valence-electron chi connectivity index (χ3n) is 7.64. The van der Waals surface area contributed by atoms with E-state index in [1.54, 1.807) is 25.7 Å². The highest BCUT2D eigenvalue weighted by atomic mass is 16.5. The van der Waals surface area contributed by atoms with E-state index in [4.69, 9.17) is 4.74 Å². The number of likely N-dealkylation sites (N-methyl/N-ethyl adjacent to an activating group) is 3. The van der Waals surface area contributed by atoms with Gasteiger partial charge in [-0.3, -0.25) is 28.8 Å². The summed E-state index contributed by atoms with van der Waals surface area (Å²) in [7, 11) is 4.28. The molecular formula is C31H56N6O8. The average molecular weight is 641 g/mol. The van der Waals surface area contributed by atoms with Gasteiger partial charge >= 0.3 is 0 Å². The Balaban J connectivity index is 3.27. The molecule has 0 bridgehead atoms. The molecule has 6 amide bonds. The second-order valence-corrected chi connectivity index (χ2v) is 13.3. The summed E-state index contributed by atoms with van der Waals surface area (Å²) in [6, 6.07) is -4.75. The Morgan fingerprint density at radius 2 is 1.44 bits per heavy atom. The van der Waals surface area contributed by atoms with Gasteiger partial charge in [0.05, 0.1) is 24.7 Å². The zero-order valence-electron chi connectivity index (χ0n) is 28.8. The molecule has 1 rings (SSSR count). The van der Waals surface area contributed by atoms with E-state index in [0.717, 1.165) is 19.3 Å². The average Bonchev–Trinajstić information content (AvgIpc) is 2.97. The van der Waals surface area contributed by atoms with Gasteiger partial charge < -0.3 is 40.5 Å². The molecular weight excluding hydrogens is 584 g/mol. The Bertz CT molecular complexity index is 1040. The lowest BCUT2D eigenvalue weighted by molar-refractivity contribution is -0.148. The van der Waals surface area contributed by atoms with E-state index in [2.05, 4.69) is 16.0 Å². The topological polar surface area (TPSA) is 178 Å². The highest BCUT2D eigenvalue weighted by Crippen LogP contribution is 2.16. The Labute approximate surface area is 267 Å². The van der Waals surface area contributed by atoms with Crippen LogP contribution in [-0.4, -0.2) is 132 Å². The van der Waals surface area contributed by atoms with E-state index in [9.17, 15) is 33.9 Å². The molecule has 258 valence electrons. The van der Waals surface area contributed by atoms with Gasteiger partial charge in [-0.2, -0.15) is 0 Å². The number of hydrogen-bond donors (Lipinski definition) is 4. The number of hydrogen-bond acceptors (Lipinski definition) is 8. The lowest BCUT2D eigenvalue weighted by Gasteiger charge is -2.35. The molecule has 5 atom stereocenters. The number of nitrogens with one attached hydrogen (secondary N) is 3. The van der Waals surface area contributed by atoms with Crippen molar-refractivity contribution in [3.63, 3.8) is 0 Å². The lowest BCUT2D eigenvalue weighted by atomic mass is 10.0. The van der Waals surface area contributed by atoms with Crippen molar-refractivity contribution < 1.29 is 38.6 Å². The molecule has 0 radical (unpaired) electrons. The number of aliphatic hydroxyl groups excluding tert-OH is 1. The maximum absolute atomic E-state index is 13.8. The molecule has 45 heavy (non-hydrogen) atoms. The van der Waals surface area contributed by atoms with Crippen molar-refractivity contribution in [2.24, 2.45) is 5.92 Å². The number of piperidine rings is 1. The molecule has 0 aromatic heterocycles. The first-order chi connectivity index (χ1) is 20.8. The molecule has 4 N–H and O–H groups in total. The number of carbonyl (C=O) groups is 6. The van der Waals surface area contributed by atoms with Gasteiger partial charge in [0, 0.05) is 34.2 Å². The van der Waals surface area contributed by atoms with E-state index < -0.39 is 71.3 Å². The Hall–Kier alpha value is -3.26. The maximum atomic E-state index is 13.8. The van der Waals surface area contributed by atoms with Crippen molar-refractivity contribution in [3.05, 3.63) is 0 Å². The van der Waals surface area contributed by atoms with Gasteiger partial charge in [0.15, 0.2) is 6.04 Å². The molecule has 1 fully saturated rings. The van der Waals surface area contributed by atoms with Crippen molar-refractivity contribution in [2.75, 3.05) is 40.8 Å². The molecule has 0 aromatic rings. The third-order valence-corrected chi connectivity index (χ3v) is 7.64. The Kier molecular flexibility index (Phi) is 15.9. The van der Waals surface area contributed by atoms with Crippen molar-refractivity contribution >= 4 is 35.4 Å². The van der Waals surface area contributed by atoms with Crippen LogP contribution in [0.2, 0.25) is 0 Å². The van der Waals surface area contributed by atoms with E-state index in [1.807, 2.05) is 13.8 Å². The normalized spacial score (nSPS) is 16.9. The van der Waals surface area contributed by atoms with E-state index in [-0.39, 0.29) is 25.4 Å². The molecule has 0 aliphatic carbocycles. The van der Waals surface area contributed by atoms with Crippen LogP contribution in [0.4, 0.5) is 0 Å².